The molecule has 3 aromatic carbocycles. The largest absolute Gasteiger partial charge is 0.319 e. The number of nitrogens with zero attached hydrogens (tertiary/aromatic N) is 2. The molecule has 0 bridgehead atoms. The molecule has 1 heterocycles. The monoisotopic (exact) mass is 429 g/mol. The van der Waals surface area contributed by atoms with E-state index in [9.17, 15) is 9.59 Å². The standard InChI is InChI=1S/C25H20ClN3O2/c1-17-6-2-3-7-19(17)15-29-16-21(14-27-29)28-25(31)23-9-5-4-8-22(23)24(30)18-10-12-20(26)13-11-18/h2-14,16H,15H2,1H3,(H,28,31). The van der Waals surface area contributed by atoms with Crippen LogP contribution in [0.3, 0.4) is 0 Å². The van der Waals surface area contributed by atoms with E-state index >= 15 is 0 Å². The van der Waals surface area contributed by atoms with Gasteiger partial charge >= 0.3 is 0 Å². The zero-order valence-corrected chi connectivity index (χ0v) is 17.6. The number of aryl methyl sites for hydroxylation is 1. The molecule has 0 fully saturated rings. The number of halogens is 1. The van der Waals surface area contributed by atoms with Crippen molar-refractivity contribution in [2.75, 3.05) is 5.32 Å². The first-order valence-electron chi connectivity index (χ1n) is 9.79. The lowest BCUT2D eigenvalue weighted by molar-refractivity contribution is 0.0996. The molecule has 0 saturated heterocycles. The summed E-state index contributed by atoms with van der Waals surface area (Å²) in [6.07, 6.45) is 3.37. The van der Waals surface area contributed by atoms with Crippen molar-refractivity contribution < 1.29 is 9.59 Å². The summed E-state index contributed by atoms with van der Waals surface area (Å²) in [4.78, 5) is 25.9. The van der Waals surface area contributed by atoms with Crippen molar-refractivity contribution in [3.63, 3.8) is 0 Å². The van der Waals surface area contributed by atoms with Gasteiger partial charge in [-0.25, -0.2) is 0 Å². The summed E-state index contributed by atoms with van der Waals surface area (Å²) in [5, 5.41) is 7.72. The Hall–Kier alpha value is -3.70. The molecule has 0 unspecified atom stereocenters. The molecular weight excluding hydrogens is 410 g/mol. The fourth-order valence-electron chi connectivity index (χ4n) is 3.31. The van der Waals surface area contributed by atoms with E-state index in [1.165, 1.54) is 5.56 Å². The van der Waals surface area contributed by atoms with E-state index in [-0.39, 0.29) is 11.7 Å². The molecule has 1 aromatic heterocycles. The topological polar surface area (TPSA) is 64.0 Å². The third-order valence-corrected chi connectivity index (χ3v) is 5.26. The second-order valence-electron chi connectivity index (χ2n) is 7.19. The van der Waals surface area contributed by atoms with Crippen LogP contribution in [0.5, 0.6) is 0 Å². The quantitative estimate of drug-likeness (QED) is 0.419. The maximum atomic E-state index is 12.9. The summed E-state index contributed by atoms with van der Waals surface area (Å²) in [6, 6.07) is 21.4. The molecule has 1 N–H and O–H groups in total. The zero-order chi connectivity index (χ0) is 21.8. The Bertz CT molecular complexity index is 1250. The highest BCUT2D eigenvalue weighted by Gasteiger charge is 2.18. The van der Waals surface area contributed by atoms with Crippen molar-refractivity contribution in [3.8, 4) is 0 Å². The molecule has 0 radical (unpaired) electrons. The van der Waals surface area contributed by atoms with E-state index in [1.54, 1.807) is 65.6 Å². The first-order chi connectivity index (χ1) is 15.0. The smallest absolute Gasteiger partial charge is 0.256 e. The van der Waals surface area contributed by atoms with Crippen LogP contribution in [-0.4, -0.2) is 21.5 Å². The normalized spacial score (nSPS) is 10.6. The lowest BCUT2D eigenvalue weighted by atomic mass is 9.98. The summed E-state index contributed by atoms with van der Waals surface area (Å²) in [5.41, 5.74) is 3.99. The van der Waals surface area contributed by atoms with Crippen LogP contribution in [0.4, 0.5) is 5.69 Å². The van der Waals surface area contributed by atoms with E-state index in [1.807, 2.05) is 18.2 Å². The lowest BCUT2D eigenvalue weighted by Crippen LogP contribution is -2.16. The highest BCUT2D eigenvalue weighted by atomic mass is 35.5. The Labute approximate surface area is 185 Å². The Morgan fingerprint density at radius 1 is 0.935 bits per heavy atom. The van der Waals surface area contributed by atoms with Crippen LogP contribution in [0, 0.1) is 6.92 Å². The van der Waals surface area contributed by atoms with Crippen LogP contribution in [0.15, 0.2) is 85.2 Å². The maximum absolute atomic E-state index is 12.9. The molecule has 0 saturated carbocycles. The van der Waals surface area contributed by atoms with Gasteiger partial charge in [0.15, 0.2) is 5.78 Å². The average Bonchev–Trinajstić information content (AvgIpc) is 3.22. The van der Waals surface area contributed by atoms with Crippen molar-refractivity contribution in [2.45, 2.75) is 13.5 Å². The number of benzene rings is 3. The van der Waals surface area contributed by atoms with Gasteiger partial charge in [-0.05, 0) is 48.4 Å². The van der Waals surface area contributed by atoms with Gasteiger partial charge < -0.3 is 5.32 Å². The predicted octanol–water partition coefficient (Wildman–Crippen LogP) is 5.38. The average molecular weight is 430 g/mol. The van der Waals surface area contributed by atoms with Crippen molar-refractivity contribution in [1.82, 2.24) is 9.78 Å². The van der Waals surface area contributed by atoms with Crippen LogP contribution in [-0.2, 0) is 6.54 Å². The van der Waals surface area contributed by atoms with Gasteiger partial charge in [0.25, 0.3) is 5.91 Å². The Kier molecular flexibility index (Phi) is 5.96. The molecule has 0 aliphatic heterocycles. The Morgan fingerprint density at radius 3 is 2.35 bits per heavy atom. The van der Waals surface area contributed by atoms with Crippen LogP contribution in [0.1, 0.15) is 37.4 Å². The summed E-state index contributed by atoms with van der Waals surface area (Å²) >= 11 is 5.91. The summed E-state index contributed by atoms with van der Waals surface area (Å²) in [7, 11) is 0. The van der Waals surface area contributed by atoms with Gasteiger partial charge in [-0.15, -0.1) is 0 Å². The second-order valence-corrected chi connectivity index (χ2v) is 7.63. The molecule has 0 aliphatic rings. The minimum atomic E-state index is -0.367. The first kappa shape index (κ1) is 20.6. The molecule has 5 nitrogen and oxygen atoms in total. The Balaban J connectivity index is 1.52. The van der Waals surface area contributed by atoms with E-state index in [0.29, 0.717) is 33.9 Å². The number of hydrogen-bond acceptors (Lipinski definition) is 3. The number of carbonyl (C=O) groups is 2. The second kappa shape index (κ2) is 8.98. The van der Waals surface area contributed by atoms with Gasteiger partial charge in [-0.3, -0.25) is 14.3 Å². The minimum absolute atomic E-state index is 0.238. The molecule has 6 heteroatoms. The maximum Gasteiger partial charge on any atom is 0.256 e. The number of rotatable bonds is 6. The highest BCUT2D eigenvalue weighted by molar-refractivity contribution is 6.30. The summed E-state index contributed by atoms with van der Waals surface area (Å²) in [5.74, 6) is -0.606. The summed E-state index contributed by atoms with van der Waals surface area (Å²) in [6.45, 7) is 2.66. The molecule has 1 amide bonds. The SMILES string of the molecule is Cc1ccccc1Cn1cc(NC(=O)c2ccccc2C(=O)c2ccc(Cl)cc2)cn1. The van der Waals surface area contributed by atoms with Gasteiger partial charge in [0.05, 0.1) is 24.0 Å². The van der Waals surface area contributed by atoms with E-state index in [4.69, 9.17) is 11.6 Å². The highest BCUT2D eigenvalue weighted by Crippen LogP contribution is 2.19. The van der Waals surface area contributed by atoms with Crippen LogP contribution < -0.4 is 5.32 Å². The zero-order valence-electron chi connectivity index (χ0n) is 16.9. The van der Waals surface area contributed by atoms with Crippen LogP contribution >= 0.6 is 11.6 Å². The van der Waals surface area contributed by atoms with Gasteiger partial charge in [-0.2, -0.15) is 5.10 Å². The fourth-order valence-corrected chi connectivity index (χ4v) is 3.44. The Morgan fingerprint density at radius 2 is 1.61 bits per heavy atom. The van der Waals surface area contributed by atoms with Gasteiger partial charge in [0.1, 0.15) is 0 Å². The van der Waals surface area contributed by atoms with E-state index in [2.05, 4.69) is 23.4 Å². The fraction of sp³-hybridized carbons (Fsp3) is 0.0800. The number of ketones is 1. The van der Waals surface area contributed by atoms with E-state index in [0.717, 1.165) is 5.56 Å². The molecule has 154 valence electrons. The van der Waals surface area contributed by atoms with Gasteiger partial charge in [0, 0.05) is 22.3 Å². The molecule has 0 spiro atoms. The van der Waals surface area contributed by atoms with Crippen LogP contribution in [0.25, 0.3) is 0 Å². The van der Waals surface area contributed by atoms with Crippen molar-refractivity contribution in [3.05, 3.63) is 118 Å². The lowest BCUT2D eigenvalue weighted by Gasteiger charge is -2.09. The molecule has 4 aromatic rings. The number of carbonyl (C=O) groups excluding carboxylic acids is 2. The number of anilines is 1. The third-order valence-electron chi connectivity index (χ3n) is 5.01. The predicted molar refractivity (Wildman–Crippen MR) is 122 cm³/mol. The molecule has 31 heavy (non-hydrogen) atoms. The minimum Gasteiger partial charge on any atom is -0.319 e. The number of nitrogens with one attached hydrogen (secondary N) is 1. The molecular formula is C25H20ClN3O2. The number of aromatic nitrogens is 2. The van der Waals surface area contributed by atoms with Crippen molar-refractivity contribution >= 4 is 29.0 Å². The number of hydrogen-bond donors (Lipinski definition) is 1. The molecule has 0 aliphatic carbocycles. The van der Waals surface area contributed by atoms with Crippen molar-refractivity contribution in [2.24, 2.45) is 0 Å². The summed E-state index contributed by atoms with van der Waals surface area (Å²) < 4.78 is 1.77. The van der Waals surface area contributed by atoms with Gasteiger partial charge in [-0.1, -0.05) is 54.1 Å². The molecule has 4 rings (SSSR count). The first-order valence-corrected chi connectivity index (χ1v) is 10.2. The van der Waals surface area contributed by atoms with Crippen LogP contribution in [0.2, 0.25) is 5.02 Å². The number of amides is 1. The van der Waals surface area contributed by atoms with E-state index < -0.39 is 0 Å². The van der Waals surface area contributed by atoms with Gasteiger partial charge in [0.2, 0.25) is 0 Å². The third kappa shape index (κ3) is 4.73. The molecule has 0 atom stereocenters. The van der Waals surface area contributed by atoms with Crippen molar-refractivity contribution in [1.29, 1.82) is 0 Å².